The number of halogens is 2. The molecule has 13 heavy (non-hydrogen) atoms. The van der Waals surface area contributed by atoms with E-state index in [0.29, 0.717) is 10.3 Å². The van der Waals surface area contributed by atoms with E-state index >= 15 is 0 Å². The van der Waals surface area contributed by atoms with Gasteiger partial charge in [0.15, 0.2) is 0 Å². The smallest absolute Gasteiger partial charge is 0.311 e. The molecule has 0 atom stereocenters. The van der Waals surface area contributed by atoms with Crippen molar-refractivity contribution in [2.75, 3.05) is 7.11 Å². The minimum atomic E-state index is -0.294. The highest BCUT2D eigenvalue weighted by atomic mass is 79.9. The molecule has 0 saturated heterocycles. The van der Waals surface area contributed by atoms with Gasteiger partial charge in [-0.25, -0.2) is 4.98 Å². The average molecular weight is 309 g/mol. The van der Waals surface area contributed by atoms with Gasteiger partial charge >= 0.3 is 5.97 Å². The molecule has 0 aliphatic carbocycles. The van der Waals surface area contributed by atoms with Gasteiger partial charge in [-0.15, -0.1) is 0 Å². The second-order valence-corrected chi connectivity index (χ2v) is 4.08. The molecule has 5 heteroatoms. The molecular weight excluding hydrogens is 302 g/mol. The molecule has 3 nitrogen and oxygen atoms in total. The predicted octanol–water partition coefficient (Wildman–Crippen LogP) is 2.32. The second-order valence-electron chi connectivity index (χ2n) is 2.35. The van der Waals surface area contributed by atoms with Gasteiger partial charge in [0, 0.05) is 4.47 Å². The summed E-state index contributed by atoms with van der Waals surface area (Å²) in [6.07, 6.45) is 0.189. The van der Waals surface area contributed by atoms with Crippen LogP contribution in [0.5, 0.6) is 0 Å². The molecule has 0 aliphatic rings. The number of esters is 1. The minimum Gasteiger partial charge on any atom is -0.469 e. The summed E-state index contributed by atoms with van der Waals surface area (Å²) in [5.74, 6) is -0.294. The quantitative estimate of drug-likeness (QED) is 0.622. The van der Waals surface area contributed by atoms with E-state index in [9.17, 15) is 4.79 Å². The molecular formula is C8H7Br2NO2. The maximum Gasteiger partial charge on any atom is 0.311 e. The zero-order chi connectivity index (χ0) is 9.84. The van der Waals surface area contributed by atoms with Crippen molar-refractivity contribution in [3.05, 3.63) is 26.9 Å². The molecule has 1 aromatic heterocycles. The molecule has 0 saturated carbocycles. The van der Waals surface area contributed by atoms with Crippen molar-refractivity contribution in [2.24, 2.45) is 0 Å². The van der Waals surface area contributed by atoms with Crippen molar-refractivity contribution in [2.45, 2.75) is 6.42 Å². The van der Waals surface area contributed by atoms with Gasteiger partial charge < -0.3 is 4.74 Å². The summed E-state index contributed by atoms with van der Waals surface area (Å²) in [5.41, 5.74) is 0.674. The van der Waals surface area contributed by atoms with Crippen molar-refractivity contribution >= 4 is 37.8 Å². The number of ether oxygens (including phenoxy) is 1. The largest absolute Gasteiger partial charge is 0.469 e. The van der Waals surface area contributed by atoms with Gasteiger partial charge in [0.1, 0.15) is 4.60 Å². The van der Waals surface area contributed by atoms with Crippen LogP contribution in [-0.2, 0) is 16.0 Å². The fraction of sp³-hybridized carbons (Fsp3) is 0.250. The van der Waals surface area contributed by atoms with Crippen LogP contribution < -0.4 is 0 Å². The van der Waals surface area contributed by atoms with E-state index in [4.69, 9.17) is 0 Å². The van der Waals surface area contributed by atoms with Crippen LogP contribution in [0.1, 0.15) is 5.69 Å². The SMILES string of the molecule is COC(=O)Cc1cc(Br)cc(Br)n1. The molecule has 1 heterocycles. The maximum absolute atomic E-state index is 10.9. The van der Waals surface area contributed by atoms with Crippen molar-refractivity contribution in [3.63, 3.8) is 0 Å². The van der Waals surface area contributed by atoms with Crippen LogP contribution in [-0.4, -0.2) is 18.1 Å². The number of rotatable bonds is 2. The molecule has 0 bridgehead atoms. The van der Waals surface area contributed by atoms with Crippen LogP contribution in [0.15, 0.2) is 21.2 Å². The Balaban J connectivity index is 2.83. The molecule has 0 fully saturated rings. The lowest BCUT2D eigenvalue weighted by Crippen LogP contribution is -2.06. The summed E-state index contributed by atoms with van der Waals surface area (Å²) >= 11 is 6.53. The van der Waals surface area contributed by atoms with Gasteiger partial charge in [-0.3, -0.25) is 4.79 Å². The third kappa shape index (κ3) is 3.44. The molecule has 0 spiro atoms. The van der Waals surface area contributed by atoms with Crippen molar-refractivity contribution < 1.29 is 9.53 Å². The number of aromatic nitrogens is 1. The second kappa shape index (κ2) is 4.72. The van der Waals surface area contributed by atoms with Gasteiger partial charge in [-0.1, -0.05) is 15.9 Å². The van der Waals surface area contributed by atoms with Crippen molar-refractivity contribution in [3.8, 4) is 0 Å². The Morgan fingerprint density at radius 1 is 1.54 bits per heavy atom. The van der Waals surface area contributed by atoms with E-state index in [1.807, 2.05) is 0 Å². The fourth-order valence-electron chi connectivity index (χ4n) is 0.827. The number of hydrogen-bond acceptors (Lipinski definition) is 3. The first-order valence-corrected chi connectivity index (χ1v) is 5.09. The standard InChI is InChI=1S/C8H7Br2NO2/c1-13-8(12)4-6-2-5(9)3-7(10)11-6/h2-3H,4H2,1H3. The summed E-state index contributed by atoms with van der Waals surface area (Å²) in [6, 6.07) is 3.59. The molecule has 0 radical (unpaired) electrons. The number of carbonyl (C=O) groups excluding carboxylic acids is 1. The third-order valence-corrected chi connectivity index (χ3v) is 2.23. The van der Waals surface area contributed by atoms with E-state index < -0.39 is 0 Å². The normalized spacial score (nSPS) is 9.77. The van der Waals surface area contributed by atoms with Crippen LogP contribution >= 0.6 is 31.9 Å². The van der Waals surface area contributed by atoms with Crippen LogP contribution in [0.4, 0.5) is 0 Å². The Morgan fingerprint density at radius 3 is 2.77 bits per heavy atom. The Labute approximate surface area is 92.8 Å². The fourth-order valence-corrected chi connectivity index (χ4v) is 2.09. The predicted molar refractivity (Wildman–Crippen MR) is 55.4 cm³/mol. The number of hydrogen-bond donors (Lipinski definition) is 0. The summed E-state index contributed by atoms with van der Waals surface area (Å²) in [4.78, 5) is 15.0. The van der Waals surface area contributed by atoms with Gasteiger partial charge in [0.25, 0.3) is 0 Å². The Hall–Kier alpha value is -0.420. The maximum atomic E-state index is 10.9. The lowest BCUT2D eigenvalue weighted by Gasteiger charge is -2.00. The molecule has 1 aromatic rings. The third-order valence-electron chi connectivity index (χ3n) is 1.37. The van der Waals surface area contributed by atoms with Crippen LogP contribution in [0.3, 0.4) is 0 Å². The molecule has 1 rings (SSSR count). The van der Waals surface area contributed by atoms with E-state index in [2.05, 4.69) is 41.6 Å². The van der Waals surface area contributed by atoms with Gasteiger partial charge in [0.2, 0.25) is 0 Å². The van der Waals surface area contributed by atoms with Gasteiger partial charge in [-0.2, -0.15) is 0 Å². The molecule has 0 amide bonds. The summed E-state index contributed by atoms with van der Waals surface area (Å²) in [6.45, 7) is 0. The first kappa shape index (κ1) is 10.7. The van der Waals surface area contributed by atoms with E-state index in [1.165, 1.54) is 7.11 Å². The van der Waals surface area contributed by atoms with Gasteiger partial charge in [0.05, 0.1) is 19.2 Å². The summed E-state index contributed by atoms with van der Waals surface area (Å²) < 4.78 is 6.10. The Bertz CT molecular complexity index is 308. The number of pyridine rings is 1. The van der Waals surface area contributed by atoms with E-state index in [1.54, 1.807) is 12.1 Å². The summed E-state index contributed by atoms with van der Waals surface area (Å²) in [5, 5.41) is 0. The molecule has 0 aromatic carbocycles. The molecule has 0 N–H and O–H groups in total. The van der Waals surface area contributed by atoms with E-state index in [0.717, 1.165) is 4.47 Å². The highest BCUT2D eigenvalue weighted by Gasteiger charge is 2.05. The minimum absolute atomic E-state index is 0.189. The molecule has 0 unspecified atom stereocenters. The van der Waals surface area contributed by atoms with Gasteiger partial charge in [-0.05, 0) is 28.1 Å². The zero-order valence-corrected chi connectivity index (χ0v) is 10.1. The van der Waals surface area contributed by atoms with Crippen LogP contribution in [0.2, 0.25) is 0 Å². The summed E-state index contributed by atoms with van der Waals surface area (Å²) in [7, 11) is 1.36. The monoisotopic (exact) mass is 307 g/mol. The first-order chi connectivity index (χ1) is 6.11. The van der Waals surface area contributed by atoms with Crippen molar-refractivity contribution in [1.82, 2.24) is 4.98 Å². The lowest BCUT2D eigenvalue weighted by molar-refractivity contribution is -0.139. The van der Waals surface area contributed by atoms with Crippen LogP contribution in [0.25, 0.3) is 0 Å². The number of carbonyl (C=O) groups is 1. The lowest BCUT2D eigenvalue weighted by atomic mass is 10.3. The van der Waals surface area contributed by atoms with E-state index in [-0.39, 0.29) is 12.4 Å². The zero-order valence-electron chi connectivity index (χ0n) is 6.88. The number of methoxy groups -OCH3 is 1. The van der Waals surface area contributed by atoms with Crippen molar-refractivity contribution in [1.29, 1.82) is 0 Å². The average Bonchev–Trinajstić information content (AvgIpc) is 2.02. The highest BCUT2D eigenvalue weighted by molar-refractivity contribution is 9.11. The number of nitrogens with zero attached hydrogens (tertiary/aromatic N) is 1. The first-order valence-electron chi connectivity index (χ1n) is 3.50. The topological polar surface area (TPSA) is 39.2 Å². The Morgan fingerprint density at radius 2 is 2.23 bits per heavy atom. The molecule has 70 valence electrons. The Kier molecular flexibility index (Phi) is 3.87. The van der Waals surface area contributed by atoms with Crippen LogP contribution in [0, 0.1) is 0 Å². The molecule has 0 aliphatic heterocycles. The highest BCUT2D eigenvalue weighted by Crippen LogP contribution is 2.16.